The van der Waals surface area contributed by atoms with E-state index in [-0.39, 0.29) is 23.4 Å². The van der Waals surface area contributed by atoms with E-state index in [1.54, 1.807) is 68.6 Å². The van der Waals surface area contributed by atoms with Crippen molar-refractivity contribution in [2.45, 2.75) is 13.0 Å². The van der Waals surface area contributed by atoms with Crippen LogP contribution in [-0.2, 0) is 4.74 Å². The largest absolute Gasteiger partial charge is 0.497 e. The maximum Gasteiger partial charge on any atom is 0.338 e. The van der Waals surface area contributed by atoms with E-state index in [1.807, 2.05) is 12.1 Å². The van der Waals surface area contributed by atoms with Gasteiger partial charge in [0.1, 0.15) is 11.3 Å². The van der Waals surface area contributed by atoms with Crippen LogP contribution in [0, 0.1) is 0 Å². The normalized spacial score (nSPS) is 14.8. The zero-order chi connectivity index (χ0) is 24.7. The molecule has 1 aliphatic heterocycles. The molecule has 4 aromatic rings. The Balaban J connectivity index is 1.70. The van der Waals surface area contributed by atoms with Crippen LogP contribution in [-0.4, -0.2) is 25.6 Å². The van der Waals surface area contributed by atoms with Crippen LogP contribution in [0.1, 0.15) is 45.0 Å². The molecule has 3 aromatic carbocycles. The van der Waals surface area contributed by atoms with Crippen molar-refractivity contribution in [2.75, 3.05) is 18.6 Å². The molecule has 1 amide bonds. The number of carbonyl (C=O) groups is 2. The summed E-state index contributed by atoms with van der Waals surface area (Å²) in [4.78, 5) is 40.9. The number of carbonyl (C=O) groups excluding carboxylic acids is 2. The number of benzene rings is 3. The van der Waals surface area contributed by atoms with E-state index in [0.717, 1.165) is 4.47 Å². The summed E-state index contributed by atoms with van der Waals surface area (Å²) in [6.07, 6.45) is 0. The highest BCUT2D eigenvalue weighted by atomic mass is 79.9. The lowest BCUT2D eigenvalue weighted by Gasteiger charge is -2.25. The van der Waals surface area contributed by atoms with Crippen LogP contribution in [0.4, 0.5) is 5.69 Å². The quantitative estimate of drug-likeness (QED) is 0.315. The molecule has 1 aromatic heterocycles. The van der Waals surface area contributed by atoms with Crippen molar-refractivity contribution in [3.63, 3.8) is 0 Å². The van der Waals surface area contributed by atoms with Crippen molar-refractivity contribution in [1.29, 1.82) is 0 Å². The minimum absolute atomic E-state index is 0.000102. The number of rotatable bonds is 5. The number of methoxy groups -OCH3 is 1. The predicted molar refractivity (Wildman–Crippen MR) is 134 cm³/mol. The fourth-order valence-corrected chi connectivity index (χ4v) is 4.65. The van der Waals surface area contributed by atoms with Gasteiger partial charge in [-0.1, -0.05) is 28.1 Å². The van der Waals surface area contributed by atoms with Gasteiger partial charge in [-0.15, -0.1) is 0 Å². The minimum Gasteiger partial charge on any atom is -0.497 e. The second-order valence-electron chi connectivity index (χ2n) is 7.93. The van der Waals surface area contributed by atoms with Gasteiger partial charge in [0.05, 0.1) is 36.3 Å². The number of halogens is 1. The number of anilines is 1. The highest BCUT2D eigenvalue weighted by Crippen LogP contribution is 2.41. The Labute approximate surface area is 209 Å². The Hall–Kier alpha value is -3.91. The third kappa shape index (κ3) is 3.89. The molecule has 1 unspecified atom stereocenters. The van der Waals surface area contributed by atoms with Crippen LogP contribution in [0.5, 0.6) is 5.75 Å². The molecule has 0 fully saturated rings. The van der Waals surface area contributed by atoms with Crippen LogP contribution < -0.4 is 15.1 Å². The fraction of sp³-hybridized carbons (Fsp3) is 0.148. The summed E-state index contributed by atoms with van der Waals surface area (Å²) in [5.41, 5.74) is 1.92. The van der Waals surface area contributed by atoms with E-state index >= 15 is 0 Å². The van der Waals surface area contributed by atoms with Crippen LogP contribution in [0.15, 0.2) is 80.4 Å². The van der Waals surface area contributed by atoms with Crippen LogP contribution in [0.3, 0.4) is 0 Å². The summed E-state index contributed by atoms with van der Waals surface area (Å²) in [5.74, 6) is -0.236. The topological polar surface area (TPSA) is 86.0 Å². The van der Waals surface area contributed by atoms with Gasteiger partial charge in [-0.05, 0) is 67.1 Å². The molecule has 8 heteroatoms. The Kier molecular flexibility index (Phi) is 5.90. The van der Waals surface area contributed by atoms with Crippen molar-refractivity contribution in [2.24, 2.45) is 0 Å². The van der Waals surface area contributed by atoms with Gasteiger partial charge in [0.2, 0.25) is 5.76 Å². The number of amides is 1. The van der Waals surface area contributed by atoms with Crippen LogP contribution in [0.25, 0.3) is 11.0 Å². The Morgan fingerprint density at radius 2 is 1.74 bits per heavy atom. The van der Waals surface area contributed by atoms with Gasteiger partial charge in [-0.25, -0.2) is 4.79 Å². The summed E-state index contributed by atoms with van der Waals surface area (Å²) >= 11 is 3.40. The van der Waals surface area contributed by atoms with Gasteiger partial charge in [-0.3, -0.25) is 14.5 Å². The van der Waals surface area contributed by atoms with Crippen molar-refractivity contribution >= 4 is 44.5 Å². The molecule has 35 heavy (non-hydrogen) atoms. The number of hydrogen-bond donors (Lipinski definition) is 0. The van der Waals surface area contributed by atoms with Crippen molar-refractivity contribution in [1.82, 2.24) is 0 Å². The van der Waals surface area contributed by atoms with Crippen molar-refractivity contribution < 1.29 is 23.5 Å². The van der Waals surface area contributed by atoms with Gasteiger partial charge < -0.3 is 13.9 Å². The number of nitrogens with zero attached hydrogens (tertiary/aromatic N) is 1. The molecule has 0 radical (unpaired) electrons. The average molecular weight is 534 g/mol. The van der Waals surface area contributed by atoms with E-state index in [0.29, 0.717) is 33.5 Å². The SMILES string of the molecule is CCOC(=O)c1ccc(N2C(=O)c3oc4ccc(Br)cc4c(=O)c3C2c2ccc(OC)cc2)cc1. The summed E-state index contributed by atoms with van der Waals surface area (Å²) < 4.78 is 17.0. The summed E-state index contributed by atoms with van der Waals surface area (Å²) in [5, 5.41) is 0.379. The highest BCUT2D eigenvalue weighted by molar-refractivity contribution is 9.10. The molecule has 7 nitrogen and oxygen atoms in total. The van der Waals surface area contributed by atoms with E-state index in [2.05, 4.69) is 15.9 Å². The Morgan fingerprint density at radius 3 is 2.40 bits per heavy atom. The van der Waals surface area contributed by atoms with Gasteiger partial charge >= 0.3 is 5.97 Å². The van der Waals surface area contributed by atoms with Crippen LogP contribution in [0.2, 0.25) is 0 Å². The fourth-order valence-electron chi connectivity index (χ4n) is 4.29. The number of esters is 1. The maximum atomic E-state index is 13.7. The molecule has 0 aliphatic carbocycles. The molecule has 0 saturated heterocycles. The smallest absolute Gasteiger partial charge is 0.338 e. The van der Waals surface area contributed by atoms with Crippen molar-refractivity contribution in [3.8, 4) is 5.75 Å². The molecular formula is C27H20BrNO6. The lowest BCUT2D eigenvalue weighted by Crippen LogP contribution is -2.29. The third-order valence-corrected chi connectivity index (χ3v) is 6.41. The zero-order valence-corrected chi connectivity index (χ0v) is 20.5. The van der Waals surface area contributed by atoms with Crippen molar-refractivity contribution in [3.05, 3.63) is 104 Å². The monoisotopic (exact) mass is 533 g/mol. The molecule has 1 atom stereocenters. The van der Waals surface area contributed by atoms with E-state index in [9.17, 15) is 14.4 Å². The minimum atomic E-state index is -0.725. The van der Waals surface area contributed by atoms with Gasteiger partial charge in [-0.2, -0.15) is 0 Å². The van der Waals surface area contributed by atoms with Crippen LogP contribution >= 0.6 is 15.9 Å². The predicted octanol–water partition coefficient (Wildman–Crippen LogP) is 5.49. The first kappa shape index (κ1) is 22.9. The lowest BCUT2D eigenvalue weighted by molar-refractivity contribution is 0.0526. The van der Waals surface area contributed by atoms with E-state index in [1.165, 1.54) is 4.90 Å². The molecule has 5 rings (SSSR count). The average Bonchev–Trinajstić information content (AvgIpc) is 3.17. The number of fused-ring (bicyclic) bond motifs is 2. The number of ether oxygens (including phenoxy) is 2. The van der Waals surface area contributed by atoms with Gasteiger partial charge in [0, 0.05) is 10.2 Å². The van der Waals surface area contributed by atoms with Gasteiger partial charge in [0.15, 0.2) is 5.43 Å². The molecule has 2 heterocycles. The molecule has 0 spiro atoms. The Morgan fingerprint density at radius 1 is 1.03 bits per heavy atom. The maximum absolute atomic E-state index is 13.7. The molecule has 0 bridgehead atoms. The second-order valence-corrected chi connectivity index (χ2v) is 8.85. The third-order valence-electron chi connectivity index (χ3n) is 5.92. The standard InChI is InChI=1S/C27H20BrNO6/c1-3-34-27(32)16-4-9-18(10-5-16)29-23(15-6-11-19(33-2)12-7-15)22-24(30)20-14-17(28)8-13-21(20)35-25(22)26(29)31/h4-14,23H,3H2,1-2H3. The summed E-state index contributed by atoms with van der Waals surface area (Å²) in [6.45, 7) is 2.00. The summed E-state index contributed by atoms with van der Waals surface area (Å²) in [7, 11) is 1.57. The molecule has 176 valence electrons. The number of hydrogen-bond acceptors (Lipinski definition) is 6. The second kappa shape index (κ2) is 9.03. The first-order valence-electron chi connectivity index (χ1n) is 10.9. The molecular weight excluding hydrogens is 514 g/mol. The highest BCUT2D eigenvalue weighted by Gasteiger charge is 2.43. The first-order valence-corrected chi connectivity index (χ1v) is 11.7. The van der Waals surface area contributed by atoms with E-state index in [4.69, 9.17) is 13.9 Å². The van der Waals surface area contributed by atoms with E-state index < -0.39 is 17.9 Å². The first-order chi connectivity index (χ1) is 16.9. The molecule has 1 aliphatic rings. The van der Waals surface area contributed by atoms with Gasteiger partial charge in [0.25, 0.3) is 5.91 Å². The molecule has 0 saturated carbocycles. The summed E-state index contributed by atoms with van der Waals surface area (Å²) in [6, 6.07) is 18.1. The molecule has 0 N–H and O–H groups in total. The lowest BCUT2D eigenvalue weighted by atomic mass is 9.98. The Bertz CT molecular complexity index is 1510. The zero-order valence-electron chi connectivity index (χ0n) is 18.9.